The number of carbonyl (C=O) groups is 1. The Kier molecular flexibility index (Phi) is 5.48. The first-order valence-electron chi connectivity index (χ1n) is 9.31. The average Bonchev–Trinajstić information content (AvgIpc) is 2.75. The maximum Gasteiger partial charge on any atom is 0.416 e. The summed E-state index contributed by atoms with van der Waals surface area (Å²) in [4.78, 5) is 16.6. The number of aromatic nitrogens is 1. The monoisotopic (exact) mass is 443 g/mol. The Morgan fingerprint density at radius 3 is 2.25 bits per heavy atom. The molecule has 0 aliphatic heterocycles. The predicted octanol–water partition coefficient (Wildman–Crippen LogP) is 6.84. The molecule has 1 aromatic heterocycles. The number of amides is 2. The van der Waals surface area contributed by atoms with Gasteiger partial charge in [-0.1, -0.05) is 30.3 Å². The van der Waals surface area contributed by atoms with Gasteiger partial charge < -0.3 is 10.6 Å². The van der Waals surface area contributed by atoms with Gasteiger partial charge in [-0.3, -0.25) is 4.98 Å². The third kappa shape index (κ3) is 4.36. The van der Waals surface area contributed by atoms with Crippen molar-refractivity contribution in [3.05, 3.63) is 90.1 Å². The topological polar surface area (TPSA) is 54.0 Å². The second-order valence-electron chi connectivity index (χ2n) is 6.85. The van der Waals surface area contributed by atoms with Gasteiger partial charge in [-0.25, -0.2) is 13.6 Å². The lowest BCUT2D eigenvalue weighted by Crippen LogP contribution is -2.21. The van der Waals surface area contributed by atoms with Crippen LogP contribution in [-0.4, -0.2) is 11.0 Å². The highest BCUT2D eigenvalue weighted by Gasteiger charge is 2.31. The number of pyridine rings is 1. The van der Waals surface area contributed by atoms with E-state index in [2.05, 4.69) is 15.6 Å². The molecule has 0 fully saturated rings. The second kappa shape index (κ2) is 8.26. The van der Waals surface area contributed by atoms with Crippen molar-refractivity contribution in [3.8, 4) is 11.1 Å². The molecule has 2 amide bonds. The van der Waals surface area contributed by atoms with Crippen LogP contribution in [0.4, 0.5) is 38.1 Å². The number of benzene rings is 3. The normalized spacial score (nSPS) is 11.4. The third-order valence-corrected chi connectivity index (χ3v) is 4.69. The number of hydrogen-bond acceptors (Lipinski definition) is 2. The smallest absolute Gasteiger partial charge is 0.306 e. The van der Waals surface area contributed by atoms with E-state index in [1.165, 1.54) is 12.3 Å². The van der Waals surface area contributed by atoms with E-state index in [-0.39, 0.29) is 16.8 Å². The summed E-state index contributed by atoms with van der Waals surface area (Å²) in [5, 5.41) is 4.92. The maximum atomic E-state index is 13.9. The molecular formula is C23H14F5N3O. The Morgan fingerprint density at radius 2 is 1.56 bits per heavy atom. The molecule has 0 saturated carbocycles. The summed E-state index contributed by atoms with van der Waals surface area (Å²) < 4.78 is 66.9. The minimum absolute atomic E-state index is 0.114. The van der Waals surface area contributed by atoms with Gasteiger partial charge >= 0.3 is 12.2 Å². The van der Waals surface area contributed by atoms with Crippen molar-refractivity contribution >= 4 is 28.3 Å². The number of anilines is 2. The lowest BCUT2D eigenvalue weighted by molar-refractivity contribution is -0.137. The summed E-state index contributed by atoms with van der Waals surface area (Å²) in [7, 11) is 0. The molecule has 162 valence electrons. The molecule has 2 N–H and O–H groups in total. The Labute approximate surface area is 178 Å². The highest BCUT2D eigenvalue weighted by Crippen LogP contribution is 2.38. The number of halogens is 5. The Balaban J connectivity index is 1.79. The summed E-state index contributed by atoms with van der Waals surface area (Å²) >= 11 is 0. The highest BCUT2D eigenvalue weighted by atomic mass is 19.4. The summed E-state index contributed by atoms with van der Waals surface area (Å²) in [6.45, 7) is 0. The quantitative estimate of drug-likeness (QED) is 0.341. The molecule has 0 aliphatic rings. The van der Waals surface area contributed by atoms with Gasteiger partial charge in [0.2, 0.25) is 0 Å². The molecule has 4 rings (SSSR count). The molecule has 32 heavy (non-hydrogen) atoms. The summed E-state index contributed by atoms with van der Waals surface area (Å²) in [5.41, 5.74) is 0.145. The van der Waals surface area contributed by atoms with Crippen LogP contribution in [-0.2, 0) is 6.18 Å². The zero-order valence-corrected chi connectivity index (χ0v) is 16.2. The van der Waals surface area contributed by atoms with E-state index in [0.717, 1.165) is 24.3 Å². The largest absolute Gasteiger partial charge is 0.416 e. The van der Waals surface area contributed by atoms with E-state index < -0.39 is 29.4 Å². The average molecular weight is 443 g/mol. The number of fused-ring (bicyclic) bond motifs is 1. The molecule has 0 atom stereocenters. The Bertz CT molecular complexity index is 1310. The van der Waals surface area contributed by atoms with E-state index in [0.29, 0.717) is 22.7 Å². The molecule has 0 unspecified atom stereocenters. The molecule has 3 aromatic carbocycles. The van der Waals surface area contributed by atoms with Crippen LogP contribution in [0.25, 0.3) is 22.0 Å². The van der Waals surface area contributed by atoms with Crippen molar-refractivity contribution in [2.45, 2.75) is 6.18 Å². The van der Waals surface area contributed by atoms with Crippen LogP contribution in [0.5, 0.6) is 0 Å². The first-order chi connectivity index (χ1) is 15.2. The van der Waals surface area contributed by atoms with Gasteiger partial charge in [0.05, 0.1) is 28.7 Å². The molecule has 4 aromatic rings. The van der Waals surface area contributed by atoms with E-state index >= 15 is 0 Å². The fourth-order valence-electron chi connectivity index (χ4n) is 3.25. The number of nitrogens with one attached hydrogen (secondary N) is 2. The summed E-state index contributed by atoms with van der Waals surface area (Å²) in [6.07, 6.45) is -3.26. The van der Waals surface area contributed by atoms with Crippen LogP contribution < -0.4 is 10.6 Å². The van der Waals surface area contributed by atoms with E-state index in [1.807, 2.05) is 0 Å². The number of rotatable bonds is 3. The predicted molar refractivity (Wildman–Crippen MR) is 111 cm³/mol. The molecular weight excluding hydrogens is 429 g/mol. The first-order valence-corrected chi connectivity index (χ1v) is 9.31. The minimum Gasteiger partial charge on any atom is -0.306 e. The molecule has 0 saturated heterocycles. The lowest BCUT2D eigenvalue weighted by Gasteiger charge is -2.16. The van der Waals surface area contributed by atoms with Gasteiger partial charge in [0.25, 0.3) is 0 Å². The SMILES string of the molecule is O=C(Nc1ccc(F)cc1F)Nc1cnc2ccc(C(F)(F)F)cc2c1-c1ccccc1. The van der Waals surface area contributed by atoms with Gasteiger partial charge in [0, 0.05) is 17.0 Å². The highest BCUT2D eigenvalue weighted by molar-refractivity contribution is 6.07. The maximum absolute atomic E-state index is 13.9. The van der Waals surface area contributed by atoms with Crippen LogP contribution in [0.3, 0.4) is 0 Å². The van der Waals surface area contributed by atoms with Crippen molar-refractivity contribution in [2.24, 2.45) is 0 Å². The Morgan fingerprint density at radius 1 is 0.844 bits per heavy atom. The van der Waals surface area contributed by atoms with Gasteiger partial charge in [-0.15, -0.1) is 0 Å². The molecule has 4 nitrogen and oxygen atoms in total. The first kappa shape index (κ1) is 21.2. The van der Waals surface area contributed by atoms with Gasteiger partial charge in [-0.2, -0.15) is 13.2 Å². The Hall–Kier alpha value is -4.01. The summed E-state index contributed by atoms with van der Waals surface area (Å²) in [5.74, 6) is -1.78. The number of alkyl halides is 3. The molecule has 1 heterocycles. The molecule has 0 radical (unpaired) electrons. The molecule has 0 spiro atoms. The van der Waals surface area contributed by atoms with Crippen LogP contribution in [0.2, 0.25) is 0 Å². The fraction of sp³-hybridized carbons (Fsp3) is 0.0435. The van der Waals surface area contributed by atoms with E-state index in [4.69, 9.17) is 0 Å². The number of nitrogens with zero attached hydrogens (tertiary/aromatic N) is 1. The van der Waals surface area contributed by atoms with Gasteiger partial charge in [0.1, 0.15) is 11.6 Å². The van der Waals surface area contributed by atoms with Crippen molar-refractivity contribution in [2.75, 3.05) is 10.6 Å². The van der Waals surface area contributed by atoms with Gasteiger partial charge in [-0.05, 0) is 35.9 Å². The van der Waals surface area contributed by atoms with Crippen molar-refractivity contribution in [1.29, 1.82) is 0 Å². The van der Waals surface area contributed by atoms with E-state index in [9.17, 15) is 26.7 Å². The standard InChI is InChI=1S/C23H14F5N3O/c24-15-7-9-19(17(25)11-15)30-22(32)31-20-12-29-18-8-6-14(23(26,27)28)10-16(18)21(20)13-4-2-1-3-5-13/h1-12H,(H2,30,31,32). The zero-order valence-electron chi connectivity index (χ0n) is 16.2. The van der Waals surface area contributed by atoms with Crippen molar-refractivity contribution < 1.29 is 26.7 Å². The second-order valence-corrected chi connectivity index (χ2v) is 6.85. The van der Waals surface area contributed by atoms with E-state index in [1.54, 1.807) is 30.3 Å². The number of urea groups is 1. The number of carbonyl (C=O) groups excluding carboxylic acids is 1. The third-order valence-electron chi connectivity index (χ3n) is 4.69. The molecule has 0 aliphatic carbocycles. The lowest BCUT2D eigenvalue weighted by atomic mass is 9.98. The van der Waals surface area contributed by atoms with Crippen molar-refractivity contribution in [3.63, 3.8) is 0 Å². The van der Waals surface area contributed by atoms with Crippen LogP contribution in [0.1, 0.15) is 5.56 Å². The summed E-state index contributed by atoms with van der Waals surface area (Å²) in [6, 6.07) is 13.4. The van der Waals surface area contributed by atoms with Crippen LogP contribution in [0.15, 0.2) is 72.9 Å². The van der Waals surface area contributed by atoms with Crippen molar-refractivity contribution in [1.82, 2.24) is 4.98 Å². The van der Waals surface area contributed by atoms with Crippen LogP contribution >= 0.6 is 0 Å². The molecule has 9 heteroatoms. The minimum atomic E-state index is -4.57. The number of hydrogen-bond donors (Lipinski definition) is 2. The van der Waals surface area contributed by atoms with Crippen LogP contribution in [0, 0.1) is 11.6 Å². The zero-order chi connectivity index (χ0) is 22.9. The molecule has 0 bridgehead atoms. The fourth-order valence-corrected chi connectivity index (χ4v) is 3.25. The van der Waals surface area contributed by atoms with Gasteiger partial charge in [0.15, 0.2) is 0 Å².